The van der Waals surface area contributed by atoms with Crippen LogP contribution in [0.3, 0.4) is 0 Å². The third kappa shape index (κ3) is 2.29. The summed E-state index contributed by atoms with van der Waals surface area (Å²) in [6.45, 7) is 4.74. The summed E-state index contributed by atoms with van der Waals surface area (Å²) in [5.74, 6) is 0.354. The molecule has 2 rings (SSSR count). The molecule has 2 atom stereocenters. The number of ketones is 1. The third-order valence-corrected chi connectivity index (χ3v) is 4.07. The van der Waals surface area contributed by atoms with Crippen molar-refractivity contribution < 1.29 is 9.53 Å². The highest BCUT2D eigenvalue weighted by Gasteiger charge is 2.29. The van der Waals surface area contributed by atoms with Crippen LogP contribution < -0.4 is 0 Å². The van der Waals surface area contributed by atoms with E-state index < -0.39 is 0 Å². The number of carbonyl (C=O) groups is 1. The third-order valence-electron chi connectivity index (χ3n) is 2.82. The van der Waals surface area contributed by atoms with Gasteiger partial charge in [0.05, 0.1) is 17.6 Å². The van der Waals surface area contributed by atoms with Gasteiger partial charge in [0.2, 0.25) is 0 Å². The van der Waals surface area contributed by atoms with E-state index in [9.17, 15) is 4.79 Å². The minimum absolute atomic E-state index is 0.0864. The van der Waals surface area contributed by atoms with E-state index in [-0.39, 0.29) is 17.8 Å². The zero-order valence-corrected chi connectivity index (χ0v) is 9.97. The van der Waals surface area contributed by atoms with Gasteiger partial charge in [0.1, 0.15) is 0 Å². The summed E-state index contributed by atoms with van der Waals surface area (Å²) in [6.07, 6.45) is 2.12. The molecule has 0 spiro atoms. The van der Waals surface area contributed by atoms with E-state index in [0.717, 1.165) is 17.7 Å². The van der Waals surface area contributed by atoms with Gasteiger partial charge in [-0.15, -0.1) is 11.3 Å². The smallest absolute Gasteiger partial charge is 0.178 e. The first kappa shape index (κ1) is 10.8. The molecule has 0 bridgehead atoms. The Kier molecular flexibility index (Phi) is 3.22. The van der Waals surface area contributed by atoms with Crippen molar-refractivity contribution in [3.8, 4) is 0 Å². The summed E-state index contributed by atoms with van der Waals surface area (Å²) in [6, 6.07) is 4.01. The molecule has 1 aliphatic heterocycles. The molecule has 1 aromatic rings. The summed E-state index contributed by atoms with van der Waals surface area (Å²) in [5.41, 5.74) is 0. The molecule has 1 fully saturated rings. The van der Waals surface area contributed by atoms with E-state index in [2.05, 4.69) is 13.0 Å². The lowest BCUT2D eigenvalue weighted by molar-refractivity contribution is 0.0881. The fourth-order valence-electron chi connectivity index (χ4n) is 1.90. The van der Waals surface area contributed by atoms with E-state index >= 15 is 0 Å². The van der Waals surface area contributed by atoms with Gasteiger partial charge >= 0.3 is 0 Å². The highest BCUT2D eigenvalue weighted by atomic mass is 32.1. The molecule has 0 aliphatic carbocycles. The first-order valence-electron chi connectivity index (χ1n) is 5.45. The molecule has 0 amide bonds. The minimum Gasteiger partial charge on any atom is -0.378 e. The second kappa shape index (κ2) is 4.45. The standard InChI is InChI=1S/C12H16O2S/c1-3-10-4-5-11(15-10)12(13)9-6-8(2)14-7-9/h4-5,8-9H,3,6-7H2,1-2H3. The van der Waals surface area contributed by atoms with Crippen molar-refractivity contribution in [1.29, 1.82) is 0 Å². The van der Waals surface area contributed by atoms with Gasteiger partial charge in [-0.25, -0.2) is 0 Å². The number of aryl methyl sites for hydroxylation is 1. The van der Waals surface area contributed by atoms with E-state index in [0.29, 0.717) is 6.61 Å². The first-order chi connectivity index (χ1) is 7.20. The number of ether oxygens (including phenoxy) is 1. The van der Waals surface area contributed by atoms with Crippen molar-refractivity contribution >= 4 is 17.1 Å². The minimum atomic E-state index is 0.0864. The molecule has 82 valence electrons. The van der Waals surface area contributed by atoms with Crippen molar-refractivity contribution in [2.75, 3.05) is 6.61 Å². The van der Waals surface area contributed by atoms with Crippen LogP contribution in [-0.2, 0) is 11.2 Å². The molecule has 0 aromatic carbocycles. The maximum atomic E-state index is 12.1. The number of Topliss-reactive ketones (excluding diaryl/α,β-unsaturated/α-hetero) is 1. The molecule has 0 radical (unpaired) electrons. The van der Waals surface area contributed by atoms with Crippen LogP contribution in [0.2, 0.25) is 0 Å². The van der Waals surface area contributed by atoms with Crippen LogP contribution in [0.1, 0.15) is 34.8 Å². The SMILES string of the molecule is CCc1ccc(C(=O)C2COC(C)C2)s1. The number of carbonyl (C=O) groups excluding carboxylic acids is 1. The van der Waals surface area contributed by atoms with E-state index in [1.54, 1.807) is 11.3 Å². The molecule has 2 nitrogen and oxygen atoms in total. The average molecular weight is 224 g/mol. The van der Waals surface area contributed by atoms with E-state index in [4.69, 9.17) is 4.74 Å². The van der Waals surface area contributed by atoms with Crippen LogP contribution in [-0.4, -0.2) is 18.5 Å². The van der Waals surface area contributed by atoms with Crippen molar-refractivity contribution in [1.82, 2.24) is 0 Å². The highest BCUT2D eigenvalue weighted by Crippen LogP contribution is 2.26. The zero-order chi connectivity index (χ0) is 10.8. The molecule has 1 saturated heterocycles. The zero-order valence-electron chi connectivity index (χ0n) is 9.16. The number of hydrogen-bond acceptors (Lipinski definition) is 3. The molecule has 15 heavy (non-hydrogen) atoms. The van der Waals surface area contributed by atoms with Gasteiger partial charge in [-0.1, -0.05) is 6.92 Å². The second-order valence-electron chi connectivity index (χ2n) is 4.06. The number of hydrogen-bond donors (Lipinski definition) is 0. The maximum Gasteiger partial charge on any atom is 0.178 e. The Labute approximate surface area is 94.3 Å². The molecule has 3 heteroatoms. The summed E-state index contributed by atoms with van der Waals surface area (Å²) in [5, 5.41) is 0. The predicted molar refractivity (Wildman–Crippen MR) is 61.5 cm³/mol. The van der Waals surface area contributed by atoms with Gasteiger partial charge in [0.25, 0.3) is 0 Å². The van der Waals surface area contributed by atoms with E-state index in [1.165, 1.54) is 4.88 Å². The fourth-order valence-corrected chi connectivity index (χ4v) is 2.87. The quantitative estimate of drug-likeness (QED) is 0.738. The average Bonchev–Trinajstić information content (AvgIpc) is 2.84. The Balaban J connectivity index is 2.07. The molecule has 2 unspecified atom stereocenters. The van der Waals surface area contributed by atoms with Crippen molar-refractivity contribution in [2.45, 2.75) is 32.8 Å². The Morgan fingerprint density at radius 1 is 1.60 bits per heavy atom. The van der Waals surface area contributed by atoms with Crippen molar-refractivity contribution in [3.05, 3.63) is 21.9 Å². The van der Waals surface area contributed by atoms with E-state index in [1.807, 2.05) is 13.0 Å². The molecule has 2 heterocycles. The Hall–Kier alpha value is -0.670. The largest absolute Gasteiger partial charge is 0.378 e. The molecule has 1 aromatic heterocycles. The molecular formula is C12H16O2S. The Morgan fingerprint density at radius 3 is 2.93 bits per heavy atom. The summed E-state index contributed by atoms with van der Waals surface area (Å²) < 4.78 is 5.42. The summed E-state index contributed by atoms with van der Waals surface area (Å²) in [7, 11) is 0. The van der Waals surface area contributed by atoms with Crippen LogP contribution in [0.15, 0.2) is 12.1 Å². The monoisotopic (exact) mass is 224 g/mol. The van der Waals surface area contributed by atoms with Crippen LogP contribution in [0.25, 0.3) is 0 Å². The molecule has 1 aliphatic rings. The van der Waals surface area contributed by atoms with Crippen molar-refractivity contribution in [2.24, 2.45) is 5.92 Å². The first-order valence-corrected chi connectivity index (χ1v) is 6.27. The molecule has 0 saturated carbocycles. The van der Waals surface area contributed by atoms with Crippen LogP contribution >= 0.6 is 11.3 Å². The fraction of sp³-hybridized carbons (Fsp3) is 0.583. The number of rotatable bonds is 3. The molecule has 0 N–H and O–H groups in total. The van der Waals surface area contributed by atoms with Gasteiger partial charge in [0.15, 0.2) is 5.78 Å². The van der Waals surface area contributed by atoms with Gasteiger partial charge in [-0.05, 0) is 31.9 Å². The van der Waals surface area contributed by atoms with Crippen LogP contribution in [0, 0.1) is 5.92 Å². The lowest BCUT2D eigenvalue weighted by Crippen LogP contribution is -2.13. The highest BCUT2D eigenvalue weighted by molar-refractivity contribution is 7.14. The Morgan fingerprint density at radius 2 is 2.40 bits per heavy atom. The van der Waals surface area contributed by atoms with Gasteiger partial charge in [0, 0.05) is 10.8 Å². The predicted octanol–water partition coefficient (Wildman–Crippen LogP) is 2.92. The van der Waals surface area contributed by atoms with Gasteiger partial charge < -0.3 is 4.74 Å². The summed E-state index contributed by atoms with van der Waals surface area (Å²) in [4.78, 5) is 14.2. The molecular weight excluding hydrogens is 208 g/mol. The summed E-state index contributed by atoms with van der Waals surface area (Å²) >= 11 is 1.62. The lowest BCUT2D eigenvalue weighted by Gasteiger charge is -2.03. The van der Waals surface area contributed by atoms with Crippen molar-refractivity contribution in [3.63, 3.8) is 0 Å². The van der Waals surface area contributed by atoms with Gasteiger partial charge in [-0.2, -0.15) is 0 Å². The lowest BCUT2D eigenvalue weighted by atomic mass is 10.0. The topological polar surface area (TPSA) is 26.3 Å². The second-order valence-corrected chi connectivity index (χ2v) is 5.23. The van der Waals surface area contributed by atoms with Crippen LogP contribution in [0.4, 0.5) is 0 Å². The van der Waals surface area contributed by atoms with Crippen LogP contribution in [0.5, 0.6) is 0 Å². The maximum absolute atomic E-state index is 12.1. The van der Waals surface area contributed by atoms with Gasteiger partial charge in [-0.3, -0.25) is 4.79 Å². The Bertz CT molecular complexity index is 356. The normalized spacial score (nSPS) is 25.7. The number of thiophene rings is 1.